The maximum atomic E-state index is 11.8. The van der Waals surface area contributed by atoms with Crippen molar-refractivity contribution >= 4 is 27.5 Å². The van der Waals surface area contributed by atoms with E-state index in [-0.39, 0.29) is 18.0 Å². The lowest BCUT2D eigenvalue weighted by Crippen LogP contribution is -2.40. The molecule has 1 aromatic rings. The van der Waals surface area contributed by atoms with E-state index in [2.05, 4.69) is 5.32 Å². The highest BCUT2D eigenvalue weighted by Crippen LogP contribution is 2.13. The van der Waals surface area contributed by atoms with E-state index < -0.39 is 33.2 Å². The van der Waals surface area contributed by atoms with Gasteiger partial charge in [0.05, 0.1) is 17.2 Å². The molecule has 0 bridgehead atoms. The number of non-ortho nitro benzene ring substituents is 1. The van der Waals surface area contributed by atoms with Crippen molar-refractivity contribution in [2.24, 2.45) is 0 Å². The van der Waals surface area contributed by atoms with Crippen molar-refractivity contribution in [1.82, 2.24) is 10.0 Å². The monoisotopic (exact) mass is 343 g/mol. The molecule has 0 aliphatic heterocycles. The molecule has 9 nitrogen and oxygen atoms in total. The molecule has 0 unspecified atom stereocenters. The number of hydrogen-bond donors (Lipinski definition) is 2. The zero-order valence-corrected chi connectivity index (χ0v) is 13.3. The number of nitro groups is 1. The number of rotatable bonds is 8. The highest BCUT2D eigenvalue weighted by atomic mass is 32.2. The molecule has 1 aromatic carbocycles. The smallest absolute Gasteiger partial charge is 0.269 e. The summed E-state index contributed by atoms with van der Waals surface area (Å²) in [6, 6.07) is 4.95. The number of hydrogen-bond acceptors (Lipinski definition) is 6. The molecule has 0 radical (unpaired) electrons. The van der Waals surface area contributed by atoms with Crippen LogP contribution in [0, 0.1) is 10.1 Å². The van der Waals surface area contributed by atoms with Crippen molar-refractivity contribution in [3.63, 3.8) is 0 Å². The number of nitrogens with zero attached hydrogens (tertiary/aromatic N) is 1. The third-order valence-corrected chi connectivity index (χ3v) is 3.95. The van der Waals surface area contributed by atoms with Crippen molar-refractivity contribution in [3.8, 4) is 0 Å². The topological polar surface area (TPSA) is 135 Å². The van der Waals surface area contributed by atoms with Gasteiger partial charge in [-0.1, -0.05) is 19.1 Å². The Bertz CT molecular complexity index is 684. The van der Waals surface area contributed by atoms with E-state index in [1.165, 1.54) is 24.3 Å². The first-order valence-electron chi connectivity index (χ1n) is 6.77. The first-order chi connectivity index (χ1) is 10.7. The molecule has 0 aromatic heterocycles. The average molecular weight is 343 g/mol. The lowest BCUT2D eigenvalue weighted by Gasteiger charge is -2.08. The maximum Gasteiger partial charge on any atom is 0.269 e. The molecule has 0 saturated heterocycles. The van der Waals surface area contributed by atoms with Gasteiger partial charge in [0.2, 0.25) is 15.9 Å². The summed E-state index contributed by atoms with van der Waals surface area (Å²) in [6.07, 6.45) is 0.870. The van der Waals surface area contributed by atoms with Crippen molar-refractivity contribution in [3.05, 3.63) is 39.9 Å². The van der Waals surface area contributed by atoms with E-state index in [0.717, 1.165) is 0 Å². The Morgan fingerprint density at radius 3 is 2.30 bits per heavy atom. The highest BCUT2D eigenvalue weighted by molar-refractivity contribution is 7.89. The second-order valence-electron chi connectivity index (χ2n) is 4.73. The summed E-state index contributed by atoms with van der Waals surface area (Å²) in [5.74, 6) is -1.69. The first kappa shape index (κ1) is 18.6. The van der Waals surface area contributed by atoms with Gasteiger partial charge < -0.3 is 5.32 Å². The molecule has 0 heterocycles. The quantitative estimate of drug-likeness (QED) is 0.520. The van der Waals surface area contributed by atoms with Gasteiger partial charge in [-0.2, -0.15) is 0 Å². The molecule has 2 amide bonds. The minimum absolute atomic E-state index is 0.158. The molecule has 23 heavy (non-hydrogen) atoms. The van der Waals surface area contributed by atoms with Gasteiger partial charge in [-0.15, -0.1) is 0 Å². The van der Waals surface area contributed by atoms with Crippen molar-refractivity contribution in [2.75, 3.05) is 6.54 Å². The highest BCUT2D eigenvalue weighted by Gasteiger charge is 2.16. The lowest BCUT2D eigenvalue weighted by atomic mass is 10.2. The van der Waals surface area contributed by atoms with Gasteiger partial charge in [0, 0.05) is 18.6 Å². The Kier molecular flexibility index (Phi) is 6.64. The van der Waals surface area contributed by atoms with Crippen LogP contribution in [-0.2, 0) is 25.4 Å². The second kappa shape index (κ2) is 8.22. The predicted octanol–water partition coefficient (Wildman–Crippen LogP) is 0.457. The first-order valence-corrected chi connectivity index (χ1v) is 8.42. The molecular formula is C13H17N3O6S. The fraction of sp³-hybridized carbons (Fsp3) is 0.385. The summed E-state index contributed by atoms with van der Waals surface area (Å²) in [5, 5.41) is 12.8. The Morgan fingerprint density at radius 1 is 1.17 bits per heavy atom. The van der Waals surface area contributed by atoms with E-state index in [9.17, 15) is 28.1 Å². The number of carbonyl (C=O) groups excluding carboxylic acids is 2. The fourth-order valence-corrected chi connectivity index (χ4v) is 2.80. The Morgan fingerprint density at radius 2 is 1.78 bits per heavy atom. The summed E-state index contributed by atoms with van der Waals surface area (Å²) in [7, 11) is -3.95. The number of benzene rings is 1. The molecule has 1 rings (SSSR count). The van der Waals surface area contributed by atoms with Crippen LogP contribution in [0.5, 0.6) is 0 Å². The largest absolute Gasteiger partial charge is 0.347 e. The summed E-state index contributed by atoms with van der Waals surface area (Å²) < 4.78 is 25.5. The molecule has 126 valence electrons. The van der Waals surface area contributed by atoms with Crippen LogP contribution in [0.2, 0.25) is 0 Å². The van der Waals surface area contributed by atoms with Crippen molar-refractivity contribution in [2.45, 2.75) is 25.5 Å². The zero-order chi connectivity index (χ0) is 17.5. The van der Waals surface area contributed by atoms with E-state index in [0.29, 0.717) is 12.0 Å². The van der Waals surface area contributed by atoms with Crippen LogP contribution in [-0.4, -0.2) is 31.7 Å². The molecular weight excluding hydrogens is 326 g/mol. The van der Waals surface area contributed by atoms with Crippen LogP contribution >= 0.6 is 0 Å². The molecule has 0 atom stereocenters. The Labute approximate surface area is 133 Å². The van der Waals surface area contributed by atoms with Crippen LogP contribution in [0.15, 0.2) is 24.3 Å². The fourth-order valence-electron chi connectivity index (χ4n) is 1.67. The van der Waals surface area contributed by atoms with Crippen LogP contribution in [0.1, 0.15) is 25.3 Å². The number of sulfonamides is 1. The summed E-state index contributed by atoms with van der Waals surface area (Å²) in [5.41, 5.74) is 0.139. The second-order valence-corrected chi connectivity index (χ2v) is 6.46. The van der Waals surface area contributed by atoms with Gasteiger partial charge in [-0.05, 0) is 12.0 Å². The minimum atomic E-state index is -3.95. The van der Waals surface area contributed by atoms with E-state index in [4.69, 9.17) is 0 Å². The Balaban J connectivity index is 2.56. The lowest BCUT2D eigenvalue weighted by molar-refractivity contribution is -0.384. The van der Waals surface area contributed by atoms with Crippen LogP contribution in [0.25, 0.3) is 0 Å². The maximum absolute atomic E-state index is 11.8. The standard InChI is InChI=1S/C13H17N3O6S/c1-2-3-12(17)14-8-13(18)15-23(21,22)9-10-4-6-11(7-5-10)16(19)20/h4-7H,2-3,8-9H2,1H3,(H,14,17)(H,15,18). The number of carbonyl (C=O) groups is 2. The molecule has 2 N–H and O–H groups in total. The predicted molar refractivity (Wildman–Crippen MR) is 81.8 cm³/mol. The van der Waals surface area contributed by atoms with Crippen molar-refractivity contribution in [1.29, 1.82) is 0 Å². The van der Waals surface area contributed by atoms with Gasteiger partial charge in [0.1, 0.15) is 0 Å². The van der Waals surface area contributed by atoms with Crippen molar-refractivity contribution < 1.29 is 22.9 Å². The van der Waals surface area contributed by atoms with Gasteiger partial charge >= 0.3 is 0 Å². The van der Waals surface area contributed by atoms with E-state index in [1.807, 2.05) is 4.72 Å². The number of nitrogens with one attached hydrogen (secondary N) is 2. The van der Waals surface area contributed by atoms with E-state index in [1.54, 1.807) is 6.92 Å². The third kappa shape index (κ3) is 6.87. The summed E-state index contributed by atoms with van der Waals surface area (Å²) in [4.78, 5) is 32.6. The third-order valence-electron chi connectivity index (χ3n) is 2.70. The molecule has 0 fully saturated rings. The molecule has 0 aliphatic carbocycles. The van der Waals surface area contributed by atoms with Gasteiger partial charge in [0.15, 0.2) is 0 Å². The van der Waals surface area contributed by atoms with E-state index >= 15 is 0 Å². The molecule has 10 heteroatoms. The Hall–Kier alpha value is -2.49. The van der Waals surface area contributed by atoms with Crippen LogP contribution < -0.4 is 10.0 Å². The van der Waals surface area contributed by atoms with Crippen LogP contribution in [0.4, 0.5) is 5.69 Å². The zero-order valence-electron chi connectivity index (χ0n) is 12.4. The number of nitro benzene ring substituents is 1. The SMILES string of the molecule is CCCC(=O)NCC(=O)NS(=O)(=O)Cc1ccc([N+](=O)[O-])cc1. The minimum Gasteiger partial charge on any atom is -0.347 e. The van der Waals surface area contributed by atoms with Gasteiger partial charge in [0.25, 0.3) is 11.6 Å². The normalized spacial score (nSPS) is 10.8. The average Bonchev–Trinajstić information content (AvgIpc) is 2.45. The summed E-state index contributed by atoms with van der Waals surface area (Å²) in [6.45, 7) is 1.37. The molecule has 0 spiro atoms. The molecule has 0 saturated carbocycles. The van der Waals surface area contributed by atoms with Gasteiger partial charge in [-0.3, -0.25) is 24.4 Å². The van der Waals surface area contributed by atoms with Crippen LogP contribution in [0.3, 0.4) is 0 Å². The summed E-state index contributed by atoms with van der Waals surface area (Å²) >= 11 is 0. The number of amides is 2. The molecule has 0 aliphatic rings. The van der Waals surface area contributed by atoms with Gasteiger partial charge in [-0.25, -0.2) is 8.42 Å².